The molecule has 124 valence electrons. The Morgan fingerprint density at radius 1 is 1.12 bits per heavy atom. The van der Waals surface area contributed by atoms with Gasteiger partial charge in [0.15, 0.2) is 0 Å². The Bertz CT molecular complexity index is 1010. The second-order valence-electron chi connectivity index (χ2n) is 6.06. The fourth-order valence-electron chi connectivity index (χ4n) is 3.10. The maximum absolute atomic E-state index is 12.3. The summed E-state index contributed by atoms with van der Waals surface area (Å²) >= 11 is 5.97. The molecule has 1 atom stereocenters. The summed E-state index contributed by atoms with van der Waals surface area (Å²) in [6.07, 6.45) is 3.81. The van der Waals surface area contributed by atoms with Crippen molar-refractivity contribution in [3.8, 4) is 0 Å². The van der Waals surface area contributed by atoms with Crippen LogP contribution in [0.3, 0.4) is 0 Å². The van der Waals surface area contributed by atoms with Crippen molar-refractivity contribution >= 4 is 40.2 Å². The second kappa shape index (κ2) is 6.22. The Hall–Kier alpha value is -2.85. The quantitative estimate of drug-likeness (QED) is 0.672. The summed E-state index contributed by atoms with van der Waals surface area (Å²) in [6, 6.07) is 15.6. The van der Waals surface area contributed by atoms with E-state index in [-0.39, 0.29) is 11.8 Å². The molecule has 0 fully saturated rings. The van der Waals surface area contributed by atoms with Gasteiger partial charge in [0.05, 0.1) is 11.3 Å². The predicted octanol–water partition coefficient (Wildman–Crippen LogP) is 4.49. The average molecular weight is 350 g/mol. The van der Waals surface area contributed by atoms with Gasteiger partial charge in [0, 0.05) is 33.6 Å². The number of hydrogen-bond acceptors (Lipinski definition) is 2. The number of nitrogens with one attached hydrogen (secondary N) is 2. The summed E-state index contributed by atoms with van der Waals surface area (Å²) in [4.78, 5) is 15.5. The lowest BCUT2D eigenvalue weighted by Gasteiger charge is -2.12. The standard InChI is InChI=1S/C20H16ClN3O/c1-12(13-6-8-15(21)9-7-13)19-17(20(25)24-23-19)10-14-11-22-18-5-3-2-4-16(14)18/h2-12,22H,1H3,(H,24,25)/b17-10-. The lowest BCUT2D eigenvalue weighted by atomic mass is 9.91. The van der Waals surface area contributed by atoms with Crippen molar-refractivity contribution in [2.75, 3.05) is 0 Å². The van der Waals surface area contributed by atoms with Gasteiger partial charge in [-0.3, -0.25) is 4.79 Å². The molecule has 25 heavy (non-hydrogen) atoms. The van der Waals surface area contributed by atoms with E-state index in [1.807, 2.05) is 67.7 Å². The Morgan fingerprint density at radius 2 is 1.88 bits per heavy atom. The number of nitrogens with zero attached hydrogens (tertiary/aromatic N) is 1. The molecular formula is C20H16ClN3O. The van der Waals surface area contributed by atoms with Crippen LogP contribution in [0.25, 0.3) is 17.0 Å². The maximum atomic E-state index is 12.3. The molecule has 1 amide bonds. The SMILES string of the molecule is CC(C1=NNC(=O)/C1=C\c1c[nH]c2ccccc12)c1ccc(Cl)cc1. The van der Waals surface area contributed by atoms with Crippen molar-refractivity contribution in [1.82, 2.24) is 10.4 Å². The van der Waals surface area contributed by atoms with E-state index in [4.69, 9.17) is 11.6 Å². The number of aromatic amines is 1. The summed E-state index contributed by atoms with van der Waals surface area (Å²) in [7, 11) is 0. The first-order chi connectivity index (χ1) is 12.1. The molecule has 5 heteroatoms. The number of amides is 1. The van der Waals surface area contributed by atoms with E-state index in [1.165, 1.54) is 0 Å². The highest BCUT2D eigenvalue weighted by atomic mass is 35.5. The fourth-order valence-corrected chi connectivity index (χ4v) is 3.22. The zero-order valence-electron chi connectivity index (χ0n) is 13.6. The van der Waals surface area contributed by atoms with E-state index < -0.39 is 0 Å². The lowest BCUT2D eigenvalue weighted by Crippen LogP contribution is -2.15. The number of H-pyrrole nitrogens is 1. The highest BCUT2D eigenvalue weighted by molar-refractivity contribution is 6.31. The van der Waals surface area contributed by atoms with Crippen molar-refractivity contribution < 1.29 is 4.79 Å². The molecule has 4 nitrogen and oxygen atoms in total. The number of carbonyl (C=O) groups excluding carboxylic acids is 1. The number of rotatable bonds is 3. The molecular weight excluding hydrogens is 334 g/mol. The number of hydrogen-bond donors (Lipinski definition) is 2. The third-order valence-electron chi connectivity index (χ3n) is 4.50. The molecule has 0 saturated heterocycles. The zero-order valence-corrected chi connectivity index (χ0v) is 14.3. The van der Waals surface area contributed by atoms with Crippen LogP contribution < -0.4 is 5.43 Å². The molecule has 1 unspecified atom stereocenters. The van der Waals surface area contributed by atoms with E-state index in [0.717, 1.165) is 27.7 Å². The Kier molecular flexibility index (Phi) is 3.90. The maximum Gasteiger partial charge on any atom is 0.273 e. The normalized spacial score (nSPS) is 17.0. The van der Waals surface area contributed by atoms with Crippen molar-refractivity contribution in [2.45, 2.75) is 12.8 Å². The molecule has 0 radical (unpaired) electrons. The minimum atomic E-state index is -0.180. The minimum Gasteiger partial charge on any atom is -0.361 e. The molecule has 0 bridgehead atoms. The van der Waals surface area contributed by atoms with Crippen molar-refractivity contribution in [3.63, 3.8) is 0 Å². The highest BCUT2D eigenvalue weighted by Crippen LogP contribution is 2.28. The Balaban J connectivity index is 1.73. The van der Waals surface area contributed by atoms with E-state index >= 15 is 0 Å². The number of halogens is 1. The topological polar surface area (TPSA) is 57.2 Å². The minimum absolute atomic E-state index is 0.0207. The number of fused-ring (bicyclic) bond motifs is 1. The van der Waals surface area contributed by atoms with Crippen LogP contribution in [0.1, 0.15) is 24.0 Å². The van der Waals surface area contributed by atoms with Gasteiger partial charge in [-0.05, 0) is 29.8 Å². The van der Waals surface area contributed by atoms with Crippen LogP contribution in [0.4, 0.5) is 0 Å². The Labute approximate surface area is 150 Å². The van der Waals surface area contributed by atoms with Crippen molar-refractivity contribution in [1.29, 1.82) is 0 Å². The van der Waals surface area contributed by atoms with Gasteiger partial charge in [0.25, 0.3) is 5.91 Å². The molecule has 0 aliphatic carbocycles. The molecule has 1 aliphatic heterocycles. The first kappa shape index (κ1) is 15.7. The molecule has 0 saturated carbocycles. The number of para-hydroxylation sites is 1. The zero-order chi connectivity index (χ0) is 17.4. The van der Waals surface area contributed by atoms with Gasteiger partial charge in [0.2, 0.25) is 0 Å². The van der Waals surface area contributed by atoms with Crippen LogP contribution in [0.5, 0.6) is 0 Å². The summed E-state index contributed by atoms with van der Waals surface area (Å²) in [5, 5.41) is 6.03. The molecule has 2 heterocycles. The van der Waals surface area contributed by atoms with E-state index in [0.29, 0.717) is 10.6 Å². The first-order valence-corrected chi connectivity index (χ1v) is 8.43. The van der Waals surface area contributed by atoms with Gasteiger partial charge in [-0.25, -0.2) is 5.43 Å². The number of carbonyl (C=O) groups is 1. The molecule has 1 aromatic heterocycles. The molecule has 4 rings (SSSR count). The van der Waals surface area contributed by atoms with Crippen LogP contribution in [0, 0.1) is 0 Å². The number of hydrazone groups is 1. The van der Waals surface area contributed by atoms with E-state index in [2.05, 4.69) is 15.5 Å². The van der Waals surface area contributed by atoms with Crippen LogP contribution >= 0.6 is 11.6 Å². The predicted molar refractivity (Wildman–Crippen MR) is 102 cm³/mol. The van der Waals surface area contributed by atoms with Gasteiger partial charge < -0.3 is 4.98 Å². The third kappa shape index (κ3) is 2.85. The molecule has 3 aromatic rings. The fraction of sp³-hybridized carbons (Fsp3) is 0.100. The lowest BCUT2D eigenvalue weighted by molar-refractivity contribution is -0.116. The van der Waals surface area contributed by atoms with Gasteiger partial charge in [-0.2, -0.15) is 5.10 Å². The van der Waals surface area contributed by atoms with Gasteiger partial charge in [-0.1, -0.05) is 48.9 Å². The molecule has 2 N–H and O–H groups in total. The van der Waals surface area contributed by atoms with Gasteiger partial charge in [0.1, 0.15) is 0 Å². The molecule has 1 aliphatic rings. The first-order valence-electron chi connectivity index (χ1n) is 8.05. The monoisotopic (exact) mass is 349 g/mol. The average Bonchev–Trinajstić information content (AvgIpc) is 3.20. The summed E-state index contributed by atoms with van der Waals surface area (Å²) in [6.45, 7) is 2.03. The van der Waals surface area contributed by atoms with Crippen LogP contribution in [0.15, 0.2) is 65.4 Å². The summed E-state index contributed by atoms with van der Waals surface area (Å²) in [5.74, 6) is -0.200. The smallest absolute Gasteiger partial charge is 0.273 e. The third-order valence-corrected chi connectivity index (χ3v) is 4.75. The van der Waals surface area contributed by atoms with Crippen LogP contribution in [-0.4, -0.2) is 16.6 Å². The van der Waals surface area contributed by atoms with Crippen LogP contribution in [-0.2, 0) is 4.79 Å². The second-order valence-corrected chi connectivity index (χ2v) is 6.50. The van der Waals surface area contributed by atoms with E-state index in [1.54, 1.807) is 0 Å². The van der Waals surface area contributed by atoms with E-state index in [9.17, 15) is 4.79 Å². The molecule has 0 spiro atoms. The van der Waals surface area contributed by atoms with Crippen molar-refractivity contribution in [3.05, 3.63) is 76.5 Å². The highest BCUT2D eigenvalue weighted by Gasteiger charge is 2.28. The van der Waals surface area contributed by atoms with Gasteiger partial charge >= 0.3 is 0 Å². The Morgan fingerprint density at radius 3 is 2.68 bits per heavy atom. The largest absolute Gasteiger partial charge is 0.361 e. The summed E-state index contributed by atoms with van der Waals surface area (Å²) in [5.41, 5.74) is 6.98. The number of benzene rings is 2. The number of aromatic nitrogens is 1. The van der Waals surface area contributed by atoms with Crippen molar-refractivity contribution in [2.24, 2.45) is 5.10 Å². The van der Waals surface area contributed by atoms with Gasteiger partial charge in [-0.15, -0.1) is 0 Å². The van der Waals surface area contributed by atoms with Crippen LogP contribution in [0.2, 0.25) is 5.02 Å². The summed E-state index contributed by atoms with van der Waals surface area (Å²) < 4.78 is 0. The molecule has 2 aromatic carbocycles.